The summed E-state index contributed by atoms with van der Waals surface area (Å²) < 4.78 is 0.924. The molecule has 0 fully saturated rings. The minimum atomic E-state index is -1.06. The maximum Gasteiger partial charge on any atom is 0.335 e. The number of amides is 1. The predicted molar refractivity (Wildman–Crippen MR) is 93.5 cm³/mol. The minimum Gasteiger partial charge on any atom is -0.478 e. The summed E-state index contributed by atoms with van der Waals surface area (Å²) in [5.41, 5.74) is 0.391. The molecule has 118 valence electrons. The molecule has 22 heavy (non-hydrogen) atoms. The highest BCUT2D eigenvalue weighted by molar-refractivity contribution is 8.39. The van der Waals surface area contributed by atoms with Crippen LogP contribution in [0.2, 0.25) is 5.02 Å². The zero-order valence-electron chi connectivity index (χ0n) is 11.8. The van der Waals surface area contributed by atoms with Gasteiger partial charge in [-0.2, -0.15) is 0 Å². The van der Waals surface area contributed by atoms with Gasteiger partial charge < -0.3 is 10.4 Å². The van der Waals surface area contributed by atoms with E-state index in [2.05, 4.69) is 10.3 Å². The molecule has 0 bridgehead atoms. The first-order valence-electron chi connectivity index (χ1n) is 6.69. The third-order valence-corrected chi connectivity index (χ3v) is 5.83. The Morgan fingerprint density at radius 3 is 2.91 bits per heavy atom. The van der Waals surface area contributed by atoms with Crippen LogP contribution in [0, 0.1) is 0 Å². The predicted octanol–water partition coefficient (Wildman–Crippen LogP) is 3.59. The topological polar surface area (TPSA) is 78.8 Å². The van der Waals surface area contributed by atoms with Gasteiger partial charge in [0.25, 0.3) is 0 Å². The monoisotopic (exact) mass is 358 g/mol. The Balaban J connectivity index is 2.09. The number of carbonyl (C=O) groups excluding carboxylic acids is 1. The molecule has 0 spiro atoms. The largest absolute Gasteiger partial charge is 0.478 e. The number of anilines is 1. The van der Waals surface area contributed by atoms with Crippen molar-refractivity contribution < 1.29 is 14.7 Å². The highest BCUT2D eigenvalue weighted by Gasteiger charge is 2.22. The number of nitrogens with one attached hydrogen (secondary N) is 1. The summed E-state index contributed by atoms with van der Waals surface area (Å²) in [5, 5.41) is 11.7. The molecule has 0 aromatic heterocycles. The van der Waals surface area contributed by atoms with E-state index in [1.165, 1.54) is 30.0 Å². The van der Waals surface area contributed by atoms with Gasteiger partial charge in [-0.05, 0) is 24.6 Å². The lowest BCUT2D eigenvalue weighted by atomic mass is 10.2. The molecule has 8 heteroatoms. The molecule has 2 rings (SSSR count). The third kappa shape index (κ3) is 4.41. The van der Waals surface area contributed by atoms with Crippen molar-refractivity contribution in [1.82, 2.24) is 0 Å². The summed E-state index contributed by atoms with van der Waals surface area (Å²) >= 11 is 9.11. The molecule has 1 atom stereocenters. The van der Waals surface area contributed by atoms with Crippen molar-refractivity contribution in [3.63, 3.8) is 0 Å². The second-order valence-electron chi connectivity index (χ2n) is 4.50. The third-order valence-electron chi connectivity index (χ3n) is 2.94. The summed E-state index contributed by atoms with van der Waals surface area (Å²) in [4.78, 5) is 27.7. The van der Waals surface area contributed by atoms with Crippen LogP contribution in [0.4, 0.5) is 5.69 Å². The van der Waals surface area contributed by atoms with E-state index in [4.69, 9.17) is 16.7 Å². The summed E-state index contributed by atoms with van der Waals surface area (Å²) in [7, 11) is 0. The quantitative estimate of drug-likeness (QED) is 0.840. The van der Waals surface area contributed by atoms with Crippen molar-refractivity contribution in [3.05, 3.63) is 28.8 Å². The molecule has 1 heterocycles. The van der Waals surface area contributed by atoms with Crippen molar-refractivity contribution in [2.75, 3.05) is 17.6 Å². The summed E-state index contributed by atoms with van der Waals surface area (Å²) in [6.45, 7) is 2.71. The van der Waals surface area contributed by atoms with Gasteiger partial charge in [0, 0.05) is 5.75 Å². The lowest BCUT2D eigenvalue weighted by Crippen LogP contribution is -2.25. The van der Waals surface area contributed by atoms with E-state index in [1.807, 2.05) is 6.92 Å². The molecular formula is C14H15ClN2O3S2. The van der Waals surface area contributed by atoms with Gasteiger partial charge in [-0.25, -0.2) is 4.79 Å². The number of halogens is 1. The van der Waals surface area contributed by atoms with E-state index in [-0.39, 0.29) is 16.7 Å². The minimum absolute atomic E-state index is 0.0797. The number of nitrogens with zero attached hydrogens (tertiary/aromatic N) is 1. The Bertz CT molecular complexity index is 622. The number of carboxylic acid groups (broad SMARTS) is 1. The number of aliphatic imine (C=N–C) groups is 1. The van der Waals surface area contributed by atoms with Crippen LogP contribution in [0.1, 0.15) is 23.7 Å². The fraction of sp³-hybridized carbons (Fsp3) is 0.357. The van der Waals surface area contributed by atoms with Gasteiger partial charge in [0.15, 0.2) is 0 Å². The Hall–Kier alpha value is -1.18. The van der Waals surface area contributed by atoms with Crippen molar-refractivity contribution in [1.29, 1.82) is 0 Å². The van der Waals surface area contributed by atoms with Gasteiger partial charge in [0.05, 0.1) is 28.1 Å². The molecule has 1 aromatic rings. The van der Waals surface area contributed by atoms with Crippen molar-refractivity contribution >= 4 is 57.1 Å². The molecule has 1 aliphatic rings. The number of carbonyl (C=O) groups is 2. The van der Waals surface area contributed by atoms with E-state index in [0.717, 1.165) is 16.7 Å². The Kier molecular flexibility index (Phi) is 6.16. The zero-order valence-corrected chi connectivity index (χ0v) is 14.2. The molecule has 5 nitrogen and oxygen atoms in total. The van der Waals surface area contributed by atoms with Crippen LogP contribution in [0.25, 0.3) is 0 Å². The van der Waals surface area contributed by atoms with Crippen LogP contribution < -0.4 is 5.32 Å². The van der Waals surface area contributed by atoms with Crippen LogP contribution in [-0.4, -0.2) is 38.9 Å². The average Bonchev–Trinajstić information content (AvgIpc) is 2.99. The van der Waals surface area contributed by atoms with E-state index in [1.54, 1.807) is 11.8 Å². The normalized spacial score (nSPS) is 15.3. The van der Waals surface area contributed by atoms with Crippen molar-refractivity contribution in [2.45, 2.75) is 18.6 Å². The van der Waals surface area contributed by atoms with Crippen LogP contribution in [0.5, 0.6) is 0 Å². The van der Waals surface area contributed by atoms with Crippen LogP contribution in [0.3, 0.4) is 0 Å². The Labute approximate surface area is 141 Å². The van der Waals surface area contributed by atoms with E-state index < -0.39 is 5.97 Å². The van der Waals surface area contributed by atoms with Crippen LogP contribution >= 0.6 is 35.1 Å². The lowest BCUT2D eigenvalue weighted by Gasteiger charge is -2.15. The van der Waals surface area contributed by atoms with Gasteiger partial charge in [0.1, 0.15) is 4.38 Å². The molecule has 1 aromatic carbocycles. The van der Waals surface area contributed by atoms with Crippen molar-refractivity contribution in [3.8, 4) is 0 Å². The van der Waals surface area contributed by atoms with Gasteiger partial charge in [-0.3, -0.25) is 9.79 Å². The Morgan fingerprint density at radius 1 is 1.55 bits per heavy atom. The number of carboxylic acids is 1. The van der Waals surface area contributed by atoms with E-state index in [9.17, 15) is 9.59 Å². The van der Waals surface area contributed by atoms with Gasteiger partial charge in [0.2, 0.25) is 5.91 Å². The van der Waals surface area contributed by atoms with Gasteiger partial charge in [-0.1, -0.05) is 42.0 Å². The van der Waals surface area contributed by atoms with E-state index in [0.29, 0.717) is 17.1 Å². The summed E-state index contributed by atoms with van der Waals surface area (Å²) in [6, 6.07) is 4.23. The Morgan fingerprint density at radius 2 is 2.32 bits per heavy atom. The first-order valence-corrected chi connectivity index (χ1v) is 8.93. The number of thioether (sulfide) groups is 2. The number of hydrogen-bond donors (Lipinski definition) is 2. The fourth-order valence-corrected chi connectivity index (χ4v) is 4.12. The molecule has 0 saturated heterocycles. The second-order valence-corrected chi connectivity index (χ2v) is 7.44. The number of hydrogen-bond acceptors (Lipinski definition) is 5. The first-order chi connectivity index (χ1) is 10.5. The number of aromatic carboxylic acids is 1. The van der Waals surface area contributed by atoms with Crippen LogP contribution in [0.15, 0.2) is 23.2 Å². The fourth-order valence-electron chi connectivity index (χ4n) is 1.80. The number of rotatable bonds is 5. The highest BCUT2D eigenvalue weighted by Crippen LogP contribution is 2.29. The number of benzene rings is 1. The van der Waals surface area contributed by atoms with E-state index >= 15 is 0 Å². The first kappa shape index (κ1) is 17.2. The van der Waals surface area contributed by atoms with Gasteiger partial charge >= 0.3 is 5.97 Å². The maximum absolute atomic E-state index is 12.4. The molecule has 0 radical (unpaired) electrons. The molecule has 0 aliphatic carbocycles. The molecule has 1 unspecified atom stereocenters. The van der Waals surface area contributed by atoms with Gasteiger partial charge in [-0.15, -0.1) is 0 Å². The summed E-state index contributed by atoms with van der Waals surface area (Å²) in [5.74, 6) is -0.315. The summed E-state index contributed by atoms with van der Waals surface area (Å²) in [6.07, 6.45) is 0.645. The SMILES string of the molecule is CCC(SC1=NCCS1)C(=O)Nc1cc(C(=O)O)ccc1Cl. The molecule has 1 amide bonds. The van der Waals surface area contributed by atoms with Crippen molar-refractivity contribution in [2.24, 2.45) is 4.99 Å². The maximum atomic E-state index is 12.4. The standard InChI is InChI=1S/C14H15ClN2O3S2/c1-2-11(22-14-16-5-6-21-14)12(18)17-10-7-8(13(19)20)3-4-9(10)15/h3-4,7,11H,2,5-6H2,1H3,(H,17,18)(H,19,20). The molecule has 1 aliphatic heterocycles. The molecular weight excluding hydrogens is 344 g/mol. The van der Waals surface area contributed by atoms with Crippen LogP contribution in [-0.2, 0) is 4.79 Å². The second kappa shape index (κ2) is 7.89. The zero-order chi connectivity index (χ0) is 16.1. The lowest BCUT2D eigenvalue weighted by molar-refractivity contribution is -0.115. The molecule has 0 saturated carbocycles. The smallest absolute Gasteiger partial charge is 0.335 e. The molecule has 2 N–H and O–H groups in total. The average molecular weight is 359 g/mol. The highest BCUT2D eigenvalue weighted by atomic mass is 35.5.